The van der Waals surface area contributed by atoms with Crippen molar-refractivity contribution in [1.29, 1.82) is 0 Å². The SMILES string of the molecule is Nc1ccc(OCCn2ccccc2=O)c(C(F)(F)F)c1. The molecule has 0 atom stereocenters. The number of aromatic nitrogens is 1. The van der Waals surface area contributed by atoms with E-state index in [2.05, 4.69) is 0 Å². The molecule has 0 saturated heterocycles. The Labute approximate surface area is 118 Å². The molecule has 0 aliphatic heterocycles. The summed E-state index contributed by atoms with van der Waals surface area (Å²) >= 11 is 0. The number of nitrogens with zero attached hydrogens (tertiary/aromatic N) is 1. The summed E-state index contributed by atoms with van der Waals surface area (Å²) in [6.45, 7) is 0.0955. The maximum absolute atomic E-state index is 12.9. The molecule has 0 aliphatic rings. The van der Waals surface area contributed by atoms with Crippen LogP contribution < -0.4 is 16.0 Å². The molecule has 7 heteroatoms. The zero-order valence-electron chi connectivity index (χ0n) is 10.9. The normalized spacial score (nSPS) is 11.4. The molecule has 1 heterocycles. The average Bonchev–Trinajstić information content (AvgIpc) is 2.41. The summed E-state index contributed by atoms with van der Waals surface area (Å²) in [6.07, 6.45) is -3.01. The fraction of sp³-hybridized carbons (Fsp3) is 0.214. The summed E-state index contributed by atoms with van der Waals surface area (Å²) in [5.74, 6) is -0.305. The Balaban J connectivity index is 2.11. The lowest BCUT2D eigenvalue weighted by Crippen LogP contribution is -2.21. The van der Waals surface area contributed by atoms with Crippen molar-refractivity contribution in [2.45, 2.75) is 12.7 Å². The first-order valence-electron chi connectivity index (χ1n) is 6.13. The molecule has 0 amide bonds. The van der Waals surface area contributed by atoms with Crippen molar-refractivity contribution < 1.29 is 17.9 Å². The third kappa shape index (κ3) is 3.77. The van der Waals surface area contributed by atoms with Crippen molar-refractivity contribution in [3.8, 4) is 5.75 Å². The predicted molar refractivity (Wildman–Crippen MR) is 72.1 cm³/mol. The Bertz CT molecular complexity index is 680. The van der Waals surface area contributed by atoms with Gasteiger partial charge in [-0.1, -0.05) is 6.07 Å². The van der Waals surface area contributed by atoms with Gasteiger partial charge < -0.3 is 15.0 Å². The summed E-state index contributed by atoms with van der Waals surface area (Å²) in [6, 6.07) is 7.94. The van der Waals surface area contributed by atoms with Gasteiger partial charge in [0.1, 0.15) is 12.4 Å². The number of nitrogen functional groups attached to an aromatic ring is 1. The molecule has 0 spiro atoms. The molecule has 1 aromatic heterocycles. The fourth-order valence-electron chi connectivity index (χ4n) is 1.79. The van der Waals surface area contributed by atoms with Gasteiger partial charge in [-0.15, -0.1) is 0 Å². The standard InChI is InChI=1S/C14H13F3N2O2/c15-14(16,17)11-9-10(18)4-5-12(11)21-8-7-19-6-2-1-3-13(19)20/h1-6,9H,7-8,18H2. The summed E-state index contributed by atoms with van der Waals surface area (Å²) in [5, 5.41) is 0. The number of halogens is 3. The molecule has 2 rings (SSSR count). The molecule has 0 fully saturated rings. The van der Waals surface area contributed by atoms with E-state index in [9.17, 15) is 18.0 Å². The zero-order chi connectivity index (χ0) is 15.5. The van der Waals surface area contributed by atoms with E-state index in [-0.39, 0.29) is 30.1 Å². The lowest BCUT2D eigenvalue weighted by molar-refractivity contribution is -0.138. The first kappa shape index (κ1) is 15.0. The van der Waals surface area contributed by atoms with E-state index >= 15 is 0 Å². The molecular weight excluding hydrogens is 285 g/mol. The first-order valence-corrected chi connectivity index (χ1v) is 6.13. The summed E-state index contributed by atoms with van der Waals surface area (Å²) in [5.41, 5.74) is 4.20. The number of ether oxygens (including phenoxy) is 1. The van der Waals surface area contributed by atoms with Crippen molar-refractivity contribution in [2.75, 3.05) is 12.3 Å². The summed E-state index contributed by atoms with van der Waals surface area (Å²) < 4.78 is 45.0. The van der Waals surface area contributed by atoms with Gasteiger partial charge >= 0.3 is 6.18 Å². The fourth-order valence-corrected chi connectivity index (χ4v) is 1.79. The molecule has 1 aromatic carbocycles. The van der Waals surface area contributed by atoms with E-state index in [0.717, 1.165) is 6.07 Å². The molecule has 2 N–H and O–H groups in total. The van der Waals surface area contributed by atoms with E-state index in [0.29, 0.717) is 0 Å². The monoisotopic (exact) mass is 298 g/mol. The van der Waals surface area contributed by atoms with Gasteiger partial charge in [-0.25, -0.2) is 0 Å². The first-order chi connectivity index (χ1) is 9.88. The van der Waals surface area contributed by atoms with Crippen molar-refractivity contribution in [1.82, 2.24) is 4.57 Å². The second-order valence-corrected chi connectivity index (χ2v) is 4.33. The van der Waals surface area contributed by atoms with Crippen LogP contribution in [0.25, 0.3) is 0 Å². The minimum Gasteiger partial charge on any atom is -0.491 e. The van der Waals surface area contributed by atoms with Gasteiger partial charge in [-0.2, -0.15) is 13.2 Å². The highest BCUT2D eigenvalue weighted by atomic mass is 19.4. The Hall–Kier alpha value is -2.44. The highest BCUT2D eigenvalue weighted by Crippen LogP contribution is 2.37. The van der Waals surface area contributed by atoms with Crippen molar-refractivity contribution in [3.63, 3.8) is 0 Å². The maximum Gasteiger partial charge on any atom is 0.420 e. The zero-order valence-corrected chi connectivity index (χ0v) is 10.9. The van der Waals surface area contributed by atoms with E-state index in [4.69, 9.17) is 10.5 Å². The number of rotatable bonds is 4. The van der Waals surface area contributed by atoms with Gasteiger partial charge in [0, 0.05) is 18.0 Å². The van der Waals surface area contributed by atoms with Crippen molar-refractivity contribution >= 4 is 5.69 Å². The lowest BCUT2D eigenvalue weighted by atomic mass is 10.1. The van der Waals surface area contributed by atoms with Crippen LogP contribution in [0, 0.1) is 0 Å². The number of pyridine rings is 1. The molecule has 0 aliphatic carbocycles. The Morgan fingerprint density at radius 3 is 2.62 bits per heavy atom. The van der Waals surface area contributed by atoms with Crippen LogP contribution in [0.4, 0.5) is 18.9 Å². The highest BCUT2D eigenvalue weighted by molar-refractivity contribution is 5.49. The second-order valence-electron chi connectivity index (χ2n) is 4.33. The molecule has 4 nitrogen and oxygen atoms in total. The molecule has 21 heavy (non-hydrogen) atoms. The van der Waals surface area contributed by atoms with Gasteiger partial charge in [0.2, 0.25) is 0 Å². The van der Waals surface area contributed by atoms with E-state index in [1.807, 2.05) is 0 Å². The largest absolute Gasteiger partial charge is 0.491 e. The molecule has 0 bridgehead atoms. The third-order valence-corrected chi connectivity index (χ3v) is 2.80. The number of hydrogen-bond donors (Lipinski definition) is 1. The molecule has 0 saturated carbocycles. The number of benzene rings is 1. The van der Waals surface area contributed by atoms with Crippen molar-refractivity contribution in [3.05, 3.63) is 58.5 Å². The van der Waals surface area contributed by atoms with E-state index in [1.165, 1.54) is 22.8 Å². The number of nitrogens with two attached hydrogens (primary N) is 1. The number of alkyl halides is 3. The molecular formula is C14H13F3N2O2. The lowest BCUT2D eigenvalue weighted by Gasteiger charge is -2.15. The van der Waals surface area contributed by atoms with E-state index in [1.54, 1.807) is 18.3 Å². The minimum atomic E-state index is -4.55. The van der Waals surface area contributed by atoms with Gasteiger partial charge in [0.15, 0.2) is 0 Å². The summed E-state index contributed by atoms with van der Waals surface area (Å²) in [7, 11) is 0. The maximum atomic E-state index is 12.9. The van der Waals surface area contributed by atoms with Gasteiger partial charge in [0.25, 0.3) is 5.56 Å². The van der Waals surface area contributed by atoms with Crippen LogP contribution >= 0.6 is 0 Å². The second kappa shape index (κ2) is 5.90. The van der Waals surface area contributed by atoms with Crippen molar-refractivity contribution in [2.24, 2.45) is 0 Å². The smallest absolute Gasteiger partial charge is 0.420 e. The number of hydrogen-bond acceptors (Lipinski definition) is 3. The van der Waals surface area contributed by atoms with Crippen LogP contribution in [0.2, 0.25) is 0 Å². The van der Waals surface area contributed by atoms with Crippen LogP contribution in [-0.2, 0) is 12.7 Å². The molecule has 0 radical (unpaired) electrons. The molecule has 2 aromatic rings. The number of anilines is 1. The molecule has 0 unspecified atom stereocenters. The van der Waals surface area contributed by atoms with Crippen LogP contribution in [-0.4, -0.2) is 11.2 Å². The van der Waals surface area contributed by atoms with Gasteiger partial charge in [-0.05, 0) is 24.3 Å². The quantitative estimate of drug-likeness (QED) is 0.882. The van der Waals surface area contributed by atoms with Crippen LogP contribution in [0.3, 0.4) is 0 Å². The average molecular weight is 298 g/mol. The highest BCUT2D eigenvalue weighted by Gasteiger charge is 2.34. The van der Waals surface area contributed by atoms with Gasteiger partial charge in [0.05, 0.1) is 12.1 Å². The third-order valence-electron chi connectivity index (χ3n) is 2.80. The molecule has 112 valence electrons. The minimum absolute atomic E-state index is 0.00829. The Morgan fingerprint density at radius 2 is 1.95 bits per heavy atom. The van der Waals surface area contributed by atoms with Crippen LogP contribution in [0.5, 0.6) is 5.75 Å². The predicted octanol–water partition coefficient (Wildman–Crippen LogP) is 2.53. The van der Waals surface area contributed by atoms with Crippen LogP contribution in [0.15, 0.2) is 47.4 Å². The van der Waals surface area contributed by atoms with Crippen LogP contribution in [0.1, 0.15) is 5.56 Å². The Morgan fingerprint density at radius 1 is 1.19 bits per heavy atom. The Kier molecular flexibility index (Phi) is 4.21. The summed E-state index contributed by atoms with van der Waals surface area (Å²) in [4.78, 5) is 11.4. The van der Waals surface area contributed by atoms with Gasteiger partial charge in [-0.3, -0.25) is 4.79 Å². The topological polar surface area (TPSA) is 57.2 Å². The van der Waals surface area contributed by atoms with E-state index < -0.39 is 11.7 Å².